The molecule has 5 saturated carbocycles. The Morgan fingerprint density at radius 1 is 0.926 bits per heavy atom. The largest absolute Gasteiger partial charge is 0.463 e. The lowest BCUT2D eigenvalue weighted by atomic mass is 9.43. The van der Waals surface area contributed by atoms with Crippen molar-refractivity contribution in [3.63, 3.8) is 0 Å². The number of carbonyl (C=O) groups excluding carboxylic acids is 1. The predicted octanol–water partition coefficient (Wildman–Crippen LogP) is 5.12. The zero-order chi connectivity index (χ0) is 18.4. The summed E-state index contributed by atoms with van der Waals surface area (Å²) in [6, 6.07) is 0. The van der Waals surface area contributed by atoms with Gasteiger partial charge in [0.05, 0.1) is 12.2 Å². The van der Waals surface area contributed by atoms with E-state index in [0.717, 1.165) is 42.4 Å². The van der Waals surface area contributed by atoms with Gasteiger partial charge in [-0.15, -0.1) is 0 Å². The average molecular weight is 373 g/mol. The van der Waals surface area contributed by atoms with E-state index in [4.69, 9.17) is 9.47 Å². The molecule has 6 rings (SSSR count). The summed E-state index contributed by atoms with van der Waals surface area (Å²) >= 11 is 0. The lowest BCUT2D eigenvalue weighted by Gasteiger charge is -2.61. The fourth-order valence-electron chi connectivity index (χ4n) is 9.60. The van der Waals surface area contributed by atoms with Crippen molar-refractivity contribution >= 4 is 5.97 Å². The van der Waals surface area contributed by atoms with Crippen LogP contribution in [0.25, 0.3) is 0 Å². The Labute approximate surface area is 163 Å². The van der Waals surface area contributed by atoms with Crippen LogP contribution in [-0.4, -0.2) is 24.3 Å². The topological polar surface area (TPSA) is 38.8 Å². The number of hydrogen-bond donors (Lipinski definition) is 0. The minimum absolute atomic E-state index is 0.0924. The second kappa shape index (κ2) is 5.74. The van der Waals surface area contributed by atoms with Crippen molar-refractivity contribution in [2.45, 2.75) is 103 Å². The minimum atomic E-state index is -0.0924. The third-order valence-corrected chi connectivity index (χ3v) is 10.6. The molecule has 0 aromatic carbocycles. The van der Waals surface area contributed by atoms with Gasteiger partial charge in [-0.3, -0.25) is 4.79 Å². The molecule has 6 aliphatic rings. The fourth-order valence-corrected chi connectivity index (χ4v) is 9.60. The second-order valence-corrected chi connectivity index (χ2v) is 11.3. The highest BCUT2D eigenvalue weighted by Gasteiger charge is 2.70. The third kappa shape index (κ3) is 2.27. The van der Waals surface area contributed by atoms with Crippen molar-refractivity contribution in [2.24, 2.45) is 40.4 Å². The molecule has 1 spiro atoms. The average Bonchev–Trinajstić information content (AvgIpc) is 3.34. The highest BCUT2D eigenvalue weighted by Crippen LogP contribution is 2.72. The van der Waals surface area contributed by atoms with Gasteiger partial charge in [0.15, 0.2) is 0 Å². The summed E-state index contributed by atoms with van der Waals surface area (Å²) in [5, 5.41) is 0. The van der Waals surface area contributed by atoms with E-state index in [-0.39, 0.29) is 12.1 Å². The molecular weight excluding hydrogens is 336 g/mol. The van der Waals surface area contributed by atoms with Crippen LogP contribution in [0.4, 0.5) is 0 Å². The van der Waals surface area contributed by atoms with Crippen LogP contribution >= 0.6 is 0 Å². The Balaban J connectivity index is 1.26. The molecule has 150 valence electrons. The molecule has 5 aliphatic carbocycles. The van der Waals surface area contributed by atoms with Gasteiger partial charge in [0, 0.05) is 12.3 Å². The number of ether oxygens (including phenoxy) is 2. The number of hydrogen-bond acceptors (Lipinski definition) is 3. The predicted molar refractivity (Wildman–Crippen MR) is 103 cm³/mol. The Bertz CT molecular complexity index is 646. The molecule has 0 radical (unpaired) electrons. The van der Waals surface area contributed by atoms with Crippen molar-refractivity contribution in [3.8, 4) is 0 Å². The molecule has 3 nitrogen and oxygen atoms in total. The van der Waals surface area contributed by atoms with Crippen LogP contribution in [0.3, 0.4) is 0 Å². The SMILES string of the molecule is CC(=O)O[C@@H]1CC[C@@]2(C)[C@@H](CC[C@@H]3[C@@H]2CC[C@@]24[C@@H](CC[C@H]5O[C@@H]52)CC[C@@H]34)C1. The first kappa shape index (κ1) is 17.3. The van der Waals surface area contributed by atoms with Crippen LogP contribution < -0.4 is 0 Å². The zero-order valence-corrected chi connectivity index (χ0v) is 17.1. The molecule has 10 atom stereocenters. The molecule has 0 unspecified atom stereocenters. The number of rotatable bonds is 1. The summed E-state index contributed by atoms with van der Waals surface area (Å²) in [5.41, 5.74) is 1.06. The maximum atomic E-state index is 11.4. The lowest BCUT2D eigenvalue weighted by molar-refractivity contribution is -0.162. The Morgan fingerprint density at radius 2 is 1.74 bits per heavy atom. The maximum Gasteiger partial charge on any atom is 0.302 e. The standard InChI is InChI=1S/C24H36O3/c1-14(25)26-17-9-11-23(2)16(13-17)3-6-18-19(23)10-12-24-15(4-7-20(18)24)5-8-21-22(24)27-21/h15-22H,3-13H2,1-2H3/t15-,16+,17-,18-,19+,20+,21-,22+,23+,24+/m1/s1. The molecule has 1 heterocycles. The summed E-state index contributed by atoms with van der Waals surface area (Å²) in [7, 11) is 0. The van der Waals surface area contributed by atoms with Gasteiger partial charge in [-0.2, -0.15) is 0 Å². The number of fused-ring (bicyclic) bond motifs is 5. The van der Waals surface area contributed by atoms with E-state index in [1.807, 2.05) is 0 Å². The van der Waals surface area contributed by atoms with E-state index < -0.39 is 0 Å². The third-order valence-electron chi connectivity index (χ3n) is 10.6. The van der Waals surface area contributed by atoms with Crippen LogP contribution in [0.2, 0.25) is 0 Å². The number of esters is 1. The number of epoxide rings is 1. The first-order chi connectivity index (χ1) is 13.0. The molecule has 6 fully saturated rings. The quantitative estimate of drug-likeness (QED) is 0.474. The highest BCUT2D eigenvalue weighted by molar-refractivity contribution is 5.66. The highest BCUT2D eigenvalue weighted by atomic mass is 16.6. The van der Waals surface area contributed by atoms with E-state index in [1.54, 1.807) is 6.92 Å². The molecule has 1 saturated heterocycles. The molecule has 0 aromatic rings. The van der Waals surface area contributed by atoms with Gasteiger partial charge < -0.3 is 9.47 Å². The van der Waals surface area contributed by atoms with Crippen LogP contribution in [0.5, 0.6) is 0 Å². The maximum absolute atomic E-state index is 11.4. The van der Waals surface area contributed by atoms with Crippen molar-refractivity contribution in [2.75, 3.05) is 0 Å². The van der Waals surface area contributed by atoms with Gasteiger partial charge in [-0.25, -0.2) is 0 Å². The van der Waals surface area contributed by atoms with Crippen molar-refractivity contribution in [1.29, 1.82) is 0 Å². The lowest BCUT2D eigenvalue weighted by Crippen LogP contribution is -2.56. The fraction of sp³-hybridized carbons (Fsp3) is 0.958. The van der Waals surface area contributed by atoms with Crippen LogP contribution in [0, 0.1) is 40.4 Å². The Hall–Kier alpha value is -0.570. The molecule has 3 heteroatoms. The molecule has 27 heavy (non-hydrogen) atoms. The summed E-state index contributed by atoms with van der Waals surface area (Å²) < 4.78 is 11.9. The van der Waals surface area contributed by atoms with Crippen molar-refractivity contribution < 1.29 is 14.3 Å². The van der Waals surface area contributed by atoms with Gasteiger partial charge in [0.1, 0.15) is 6.10 Å². The van der Waals surface area contributed by atoms with Gasteiger partial charge >= 0.3 is 5.97 Å². The first-order valence-electron chi connectivity index (χ1n) is 11.8. The van der Waals surface area contributed by atoms with Crippen molar-refractivity contribution in [3.05, 3.63) is 0 Å². The second-order valence-electron chi connectivity index (χ2n) is 11.3. The van der Waals surface area contributed by atoms with E-state index in [0.29, 0.717) is 23.0 Å². The van der Waals surface area contributed by atoms with Crippen LogP contribution in [-0.2, 0) is 14.3 Å². The van der Waals surface area contributed by atoms with E-state index >= 15 is 0 Å². The number of carbonyl (C=O) groups is 1. The van der Waals surface area contributed by atoms with E-state index in [1.165, 1.54) is 57.8 Å². The molecule has 0 N–H and O–H groups in total. The molecule has 0 amide bonds. The molecule has 0 aromatic heterocycles. The van der Waals surface area contributed by atoms with Crippen molar-refractivity contribution in [1.82, 2.24) is 0 Å². The van der Waals surface area contributed by atoms with Gasteiger partial charge in [-0.05, 0) is 106 Å². The molecule has 1 aliphatic heterocycles. The Kier molecular flexibility index (Phi) is 3.68. The molecular formula is C24H36O3. The van der Waals surface area contributed by atoms with Gasteiger partial charge in [-0.1, -0.05) is 6.92 Å². The van der Waals surface area contributed by atoms with E-state index in [9.17, 15) is 4.79 Å². The van der Waals surface area contributed by atoms with E-state index in [2.05, 4.69) is 6.92 Å². The summed E-state index contributed by atoms with van der Waals surface area (Å²) in [5.74, 6) is 4.43. The van der Waals surface area contributed by atoms with Crippen LogP contribution in [0.15, 0.2) is 0 Å². The summed E-state index contributed by atoms with van der Waals surface area (Å²) in [4.78, 5) is 11.4. The van der Waals surface area contributed by atoms with Gasteiger partial charge in [0.2, 0.25) is 0 Å². The smallest absolute Gasteiger partial charge is 0.302 e. The van der Waals surface area contributed by atoms with Crippen LogP contribution in [0.1, 0.15) is 84.5 Å². The monoisotopic (exact) mass is 372 g/mol. The molecule has 0 bridgehead atoms. The zero-order valence-electron chi connectivity index (χ0n) is 17.1. The minimum Gasteiger partial charge on any atom is -0.463 e. The summed E-state index contributed by atoms with van der Waals surface area (Å²) in [6.07, 6.45) is 16.3. The normalized spacial score (nSPS) is 58.1. The summed E-state index contributed by atoms with van der Waals surface area (Å²) in [6.45, 7) is 4.18. The Morgan fingerprint density at radius 3 is 2.59 bits per heavy atom. The van der Waals surface area contributed by atoms with Gasteiger partial charge in [0.25, 0.3) is 0 Å². The first-order valence-corrected chi connectivity index (χ1v) is 11.8.